The maximum absolute atomic E-state index is 3.75. The number of nitrogens with one attached hydrogen (secondary N) is 1. The smallest absolute Gasteiger partial charge is 0.0557 e. The summed E-state index contributed by atoms with van der Waals surface area (Å²) in [7, 11) is 0. The number of hydrogen-bond acceptors (Lipinski definition) is 1. The van der Waals surface area contributed by atoms with E-state index in [1.807, 2.05) is 0 Å². The third kappa shape index (κ3) is 3.36. The van der Waals surface area contributed by atoms with E-state index in [2.05, 4.69) is 72.9 Å². The SMILES string of the molecule is CCCCC1=Cc2ccccc2C(Cc2ccccc2)N1. The Labute approximate surface area is 127 Å². The first kappa shape index (κ1) is 13.9. The number of rotatable bonds is 5. The van der Waals surface area contributed by atoms with Gasteiger partial charge >= 0.3 is 0 Å². The van der Waals surface area contributed by atoms with Crippen LogP contribution in [0.15, 0.2) is 60.3 Å². The van der Waals surface area contributed by atoms with Gasteiger partial charge in [-0.1, -0.05) is 67.9 Å². The molecule has 1 unspecified atom stereocenters. The number of unbranched alkanes of at least 4 members (excludes halogenated alkanes) is 1. The van der Waals surface area contributed by atoms with Crippen molar-refractivity contribution in [1.29, 1.82) is 0 Å². The summed E-state index contributed by atoms with van der Waals surface area (Å²) in [4.78, 5) is 0. The van der Waals surface area contributed by atoms with E-state index >= 15 is 0 Å². The molecule has 21 heavy (non-hydrogen) atoms. The van der Waals surface area contributed by atoms with Crippen LogP contribution in [0.4, 0.5) is 0 Å². The largest absolute Gasteiger partial charge is 0.381 e. The van der Waals surface area contributed by atoms with Gasteiger partial charge < -0.3 is 5.32 Å². The summed E-state index contributed by atoms with van der Waals surface area (Å²) in [5, 5.41) is 3.75. The van der Waals surface area contributed by atoms with E-state index in [-0.39, 0.29) is 0 Å². The van der Waals surface area contributed by atoms with Crippen LogP contribution in [-0.4, -0.2) is 0 Å². The quantitative estimate of drug-likeness (QED) is 0.801. The van der Waals surface area contributed by atoms with Crippen molar-refractivity contribution in [2.45, 2.75) is 38.6 Å². The van der Waals surface area contributed by atoms with Crippen molar-refractivity contribution in [2.24, 2.45) is 0 Å². The van der Waals surface area contributed by atoms with E-state index in [9.17, 15) is 0 Å². The molecule has 2 aromatic rings. The summed E-state index contributed by atoms with van der Waals surface area (Å²) in [5.74, 6) is 0. The van der Waals surface area contributed by atoms with Gasteiger partial charge in [-0.25, -0.2) is 0 Å². The van der Waals surface area contributed by atoms with Gasteiger partial charge in [-0.15, -0.1) is 0 Å². The van der Waals surface area contributed by atoms with E-state index < -0.39 is 0 Å². The number of allylic oxidation sites excluding steroid dienone is 1. The normalized spacial score (nSPS) is 16.8. The second kappa shape index (κ2) is 6.62. The summed E-state index contributed by atoms with van der Waals surface area (Å²) in [5.41, 5.74) is 5.57. The average molecular weight is 277 g/mol. The average Bonchev–Trinajstić information content (AvgIpc) is 2.54. The van der Waals surface area contributed by atoms with Crippen LogP contribution in [0, 0.1) is 0 Å². The molecule has 108 valence electrons. The minimum Gasteiger partial charge on any atom is -0.381 e. The summed E-state index contributed by atoms with van der Waals surface area (Å²) < 4.78 is 0. The van der Waals surface area contributed by atoms with E-state index in [1.165, 1.54) is 35.2 Å². The first-order valence-corrected chi connectivity index (χ1v) is 7.97. The summed E-state index contributed by atoms with van der Waals surface area (Å²) >= 11 is 0. The van der Waals surface area contributed by atoms with Crippen LogP contribution >= 0.6 is 0 Å². The lowest BCUT2D eigenvalue weighted by Gasteiger charge is -2.28. The highest BCUT2D eigenvalue weighted by molar-refractivity contribution is 5.60. The topological polar surface area (TPSA) is 12.0 Å². The Morgan fingerprint density at radius 1 is 0.952 bits per heavy atom. The predicted octanol–water partition coefficient (Wildman–Crippen LogP) is 5.10. The first-order valence-electron chi connectivity index (χ1n) is 7.97. The zero-order valence-corrected chi connectivity index (χ0v) is 12.7. The van der Waals surface area contributed by atoms with Crippen molar-refractivity contribution in [1.82, 2.24) is 5.32 Å². The second-order valence-electron chi connectivity index (χ2n) is 5.79. The fraction of sp³-hybridized carbons (Fsp3) is 0.300. The molecule has 0 saturated carbocycles. The molecule has 1 heteroatoms. The van der Waals surface area contributed by atoms with Crippen LogP contribution in [0.3, 0.4) is 0 Å². The van der Waals surface area contributed by atoms with Crippen LogP contribution in [-0.2, 0) is 6.42 Å². The van der Waals surface area contributed by atoms with Gasteiger partial charge in [0.25, 0.3) is 0 Å². The molecule has 1 atom stereocenters. The van der Waals surface area contributed by atoms with Crippen LogP contribution < -0.4 is 5.32 Å². The summed E-state index contributed by atoms with van der Waals surface area (Å²) in [6.45, 7) is 2.25. The van der Waals surface area contributed by atoms with Gasteiger partial charge in [-0.05, 0) is 42.0 Å². The lowest BCUT2D eigenvalue weighted by atomic mass is 9.90. The van der Waals surface area contributed by atoms with Gasteiger partial charge in [0.15, 0.2) is 0 Å². The number of hydrogen-bond donors (Lipinski definition) is 1. The van der Waals surface area contributed by atoms with Crippen molar-refractivity contribution < 1.29 is 0 Å². The highest BCUT2D eigenvalue weighted by Crippen LogP contribution is 2.30. The van der Waals surface area contributed by atoms with Gasteiger partial charge in [0, 0.05) is 5.70 Å². The monoisotopic (exact) mass is 277 g/mol. The molecule has 0 saturated heterocycles. The van der Waals surface area contributed by atoms with E-state index in [4.69, 9.17) is 0 Å². The molecule has 3 rings (SSSR count). The lowest BCUT2D eigenvalue weighted by molar-refractivity contribution is 0.563. The molecular weight excluding hydrogens is 254 g/mol. The maximum atomic E-state index is 3.75. The van der Waals surface area contributed by atoms with E-state index in [0.717, 1.165) is 12.8 Å². The Kier molecular flexibility index (Phi) is 4.40. The highest BCUT2D eigenvalue weighted by Gasteiger charge is 2.20. The second-order valence-corrected chi connectivity index (χ2v) is 5.79. The molecule has 1 heterocycles. The standard InChI is InChI=1S/C20H23N/c1-2-3-12-18-15-17-11-7-8-13-19(17)20(21-18)14-16-9-5-4-6-10-16/h4-11,13,15,20-21H,2-3,12,14H2,1H3. The Hall–Kier alpha value is -2.02. The molecule has 0 bridgehead atoms. The summed E-state index contributed by atoms with van der Waals surface area (Å²) in [6, 6.07) is 19.9. The fourth-order valence-electron chi connectivity index (χ4n) is 3.01. The zero-order valence-electron chi connectivity index (χ0n) is 12.7. The predicted molar refractivity (Wildman–Crippen MR) is 90.0 cm³/mol. The minimum absolute atomic E-state index is 0.389. The summed E-state index contributed by atoms with van der Waals surface area (Å²) in [6.07, 6.45) is 7.01. The third-order valence-corrected chi connectivity index (χ3v) is 4.14. The molecule has 2 aromatic carbocycles. The molecule has 1 N–H and O–H groups in total. The molecule has 1 aliphatic heterocycles. The van der Waals surface area contributed by atoms with Crippen molar-refractivity contribution in [3.05, 3.63) is 77.0 Å². The van der Waals surface area contributed by atoms with E-state index in [0.29, 0.717) is 6.04 Å². The molecule has 0 aliphatic carbocycles. The fourth-order valence-corrected chi connectivity index (χ4v) is 3.01. The van der Waals surface area contributed by atoms with E-state index in [1.54, 1.807) is 0 Å². The van der Waals surface area contributed by atoms with Crippen LogP contribution in [0.2, 0.25) is 0 Å². The van der Waals surface area contributed by atoms with Gasteiger partial charge in [0.2, 0.25) is 0 Å². The number of fused-ring (bicyclic) bond motifs is 1. The van der Waals surface area contributed by atoms with Crippen molar-refractivity contribution >= 4 is 6.08 Å². The molecule has 0 aromatic heterocycles. The Bertz CT molecular complexity index is 613. The molecular formula is C20H23N. The first-order chi connectivity index (χ1) is 10.4. The van der Waals surface area contributed by atoms with Crippen molar-refractivity contribution in [3.63, 3.8) is 0 Å². The van der Waals surface area contributed by atoms with Crippen LogP contribution in [0.1, 0.15) is 48.9 Å². The molecule has 0 fully saturated rings. The Morgan fingerprint density at radius 2 is 1.71 bits per heavy atom. The molecule has 0 amide bonds. The van der Waals surface area contributed by atoms with Crippen LogP contribution in [0.25, 0.3) is 6.08 Å². The molecule has 0 radical (unpaired) electrons. The van der Waals surface area contributed by atoms with Crippen molar-refractivity contribution in [2.75, 3.05) is 0 Å². The van der Waals surface area contributed by atoms with Gasteiger partial charge in [0.05, 0.1) is 6.04 Å². The maximum Gasteiger partial charge on any atom is 0.0557 e. The van der Waals surface area contributed by atoms with Gasteiger partial charge in [-0.2, -0.15) is 0 Å². The molecule has 1 nitrogen and oxygen atoms in total. The Morgan fingerprint density at radius 3 is 2.52 bits per heavy atom. The highest BCUT2D eigenvalue weighted by atomic mass is 14.9. The minimum atomic E-state index is 0.389. The Balaban J connectivity index is 1.85. The number of benzene rings is 2. The van der Waals surface area contributed by atoms with Gasteiger partial charge in [0.1, 0.15) is 0 Å². The lowest BCUT2D eigenvalue weighted by Crippen LogP contribution is -2.26. The third-order valence-electron chi connectivity index (χ3n) is 4.14. The molecule has 0 spiro atoms. The van der Waals surface area contributed by atoms with Gasteiger partial charge in [-0.3, -0.25) is 0 Å². The zero-order chi connectivity index (χ0) is 14.5. The molecule has 1 aliphatic rings. The van der Waals surface area contributed by atoms with Crippen LogP contribution in [0.5, 0.6) is 0 Å². The van der Waals surface area contributed by atoms with Crippen molar-refractivity contribution in [3.8, 4) is 0 Å².